The van der Waals surface area contributed by atoms with Crippen molar-refractivity contribution in [1.82, 2.24) is 14.9 Å². The number of nitrogens with zero attached hydrogens (tertiary/aromatic N) is 2. The number of aryl methyl sites for hydroxylation is 2. The molecule has 7 heteroatoms. The minimum Gasteiger partial charge on any atom is -0.467 e. The highest BCUT2D eigenvalue weighted by Gasteiger charge is 2.17. The molecule has 4 aromatic rings. The summed E-state index contributed by atoms with van der Waals surface area (Å²) in [6, 6.07) is 9.42. The smallest absolute Gasteiger partial charge is 0.263 e. The average Bonchev–Trinajstić information content (AvgIpc) is 3.36. The molecule has 148 valence electrons. The van der Waals surface area contributed by atoms with Crippen LogP contribution in [-0.4, -0.2) is 15.5 Å². The maximum Gasteiger partial charge on any atom is 0.263 e. The molecule has 0 saturated heterocycles. The van der Waals surface area contributed by atoms with Gasteiger partial charge in [-0.15, -0.1) is 11.3 Å². The molecular weight excluding hydrogens is 386 g/mol. The lowest BCUT2D eigenvalue weighted by Crippen LogP contribution is -2.33. The van der Waals surface area contributed by atoms with Gasteiger partial charge in [-0.25, -0.2) is 4.98 Å². The van der Waals surface area contributed by atoms with Crippen LogP contribution in [0, 0.1) is 13.8 Å². The average molecular weight is 407 g/mol. The van der Waals surface area contributed by atoms with E-state index < -0.39 is 0 Å². The summed E-state index contributed by atoms with van der Waals surface area (Å²) >= 11 is 1.43. The van der Waals surface area contributed by atoms with Crippen molar-refractivity contribution in [3.63, 3.8) is 0 Å². The fourth-order valence-electron chi connectivity index (χ4n) is 3.25. The van der Waals surface area contributed by atoms with Gasteiger partial charge in [-0.1, -0.05) is 18.2 Å². The van der Waals surface area contributed by atoms with Crippen molar-refractivity contribution >= 4 is 27.5 Å². The van der Waals surface area contributed by atoms with Gasteiger partial charge >= 0.3 is 0 Å². The molecule has 0 spiro atoms. The van der Waals surface area contributed by atoms with Crippen molar-refractivity contribution in [2.45, 2.75) is 33.4 Å². The fraction of sp³-hybridized carbons (Fsp3) is 0.227. The predicted molar refractivity (Wildman–Crippen MR) is 114 cm³/mol. The van der Waals surface area contributed by atoms with Crippen LogP contribution in [0.15, 0.2) is 57.5 Å². The summed E-state index contributed by atoms with van der Waals surface area (Å²) in [7, 11) is 0. The minimum atomic E-state index is -0.280. The number of aromatic nitrogens is 2. The van der Waals surface area contributed by atoms with Crippen LogP contribution >= 0.6 is 11.3 Å². The van der Waals surface area contributed by atoms with Gasteiger partial charge < -0.3 is 9.73 Å². The van der Waals surface area contributed by atoms with Crippen LogP contribution in [0.4, 0.5) is 0 Å². The second-order valence-electron chi connectivity index (χ2n) is 7.11. The van der Waals surface area contributed by atoms with Crippen molar-refractivity contribution in [3.05, 3.63) is 75.5 Å². The highest BCUT2D eigenvalue weighted by atomic mass is 32.1. The first-order valence-electron chi connectivity index (χ1n) is 9.31. The number of benzene rings is 1. The van der Waals surface area contributed by atoms with Crippen LogP contribution in [0.1, 0.15) is 29.9 Å². The van der Waals surface area contributed by atoms with Crippen LogP contribution in [-0.2, 0) is 11.3 Å². The standard InChI is InChI=1S/C22H21N3O3S/c1-13-6-7-16(9-14(13)2)17-11-29-21-20(17)22(27)25(12-23-21)10-19(26)24-15(3)18-5-4-8-28-18/h4-9,11-12,15H,10H2,1-3H3,(H,24,26)/t15-/m1/s1. The normalized spacial score (nSPS) is 12.2. The van der Waals surface area contributed by atoms with Gasteiger partial charge in [0.1, 0.15) is 17.1 Å². The summed E-state index contributed by atoms with van der Waals surface area (Å²) in [6.45, 7) is 5.84. The molecule has 29 heavy (non-hydrogen) atoms. The molecule has 1 aromatic carbocycles. The highest BCUT2D eigenvalue weighted by molar-refractivity contribution is 7.17. The second kappa shape index (κ2) is 7.67. The zero-order valence-electron chi connectivity index (χ0n) is 16.4. The van der Waals surface area contributed by atoms with E-state index in [1.807, 2.05) is 24.4 Å². The molecule has 0 aliphatic carbocycles. The Morgan fingerprint density at radius 2 is 2.10 bits per heavy atom. The molecule has 3 heterocycles. The number of carbonyl (C=O) groups is 1. The molecule has 6 nitrogen and oxygen atoms in total. The molecule has 3 aromatic heterocycles. The Morgan fingerprint density at radius 3 is 2.83 bits per heavy atom. The molecule has 0 unspecified atom stereocenters. The monoisotopic (exact) mass is 407 g/mol. The number of carbonyl (C=O) groups excluding carboxylic acids is 1. The number of furan rings is 1. The van der Waals surface area contributed by atoms with Gasteiger partial charge in [0.05, 0.1) is 24.0 Å². The lowest BCUT2D eigenvalue weighted by molar-refractivity contribution is -0.122. The number of nitrogens with one attached hydrogen (secondary N) is 1. The SMILES string of the molecule is Cc1ccc(-c2csc3ncn(CC(=O)N[C@H](C)c4ccco4)c(=O)c23)cc1C. The largest absolute Gasteiger partial charge is 0.467 e. The number of hydrogen-bond donors (Lipinski definition) is 1. The second-order valence-corrected chi connectivity index (χ2v) is 7.97. The van der Waals surface area contributed by atoms with Gasteiger partial charge in [-0.2, -0.15) is 0 Å². The van der Waals surface area contributed by atoms with E-state index in [0.717, 1.165) is 16.7 Å². The van der Waals surface area contributed by atoms with E-state index >= 15 is 0 Å². The summed E-state index contributed by atoms with van der Waals surface area (Å²) in [6.07, 6.45) is 2.99. The minimum absolute atomic E-state index is 0.102. The third kappa shape index (κ3) is 3.73. The first-order valence-corrected chi connectivity index (χ1v) is 10.2. The Kier molecular flexibility index (Phi) is 5.07. The lowest BCUT2D eigenvalue weighted by atomic mass is 10.0. The molecule has 1 atom stereocenters. The summed E-state index contributed by atoms with van der Waals surface area (Å²) in [5.74, 6) is 0.384. The van der Waals surface area contributed by atoms with Crippen LogP contribution < -0.4 is 10.9 Å². The molecule has 0 aliphatic rings. The van der Waals surface area contributed by atoms with Crippen molar-refractivity contribution in [2.75, 3.05) is 0 Å². The Bertz CT molecular complexity index is 1240. The maximum absolute atomic E-state index is 13.1. The highest BCUT2D eigenvalue weighted by Crippen LogP contribution is 2.31. The first kappa shape index (κ1) is 19.1. The molecule has 0 saturated carbocycles. The number of thiophene rings is 1. The molecule has 0 radical (unpaired) electrons. The fourth-order valence-corrected chi connectivity index (χ4v) is 4.16. The molecule has 0 fully saturated rings. The first-order chi connectivity index (χ1) is 13.9. The van der Waals surface area contributed by atoms with Gasteiger partial charge in [0.25, 0.3) is 5.56 Å². The summed E-state index contributed by atoms with van der Waals surface area (Å²) in [5, 5.41) is 5.34. The Labute approximate surface area is 171 Å². The molecule has 0 bridgehead atoms. The van der Waals surface area contributed by atoms with Gasteiger partial charge in [0.15, 0.2) is 0 Å². The Hall–Kier alpha value is -3.19. The molecule has 1 amide bonds. The Balaban J connectivity index is 1.64. The molecule has 4 rings (SSSR count). The molecular formula is C22H21N3O3S. The number of hydrogen-bond acceptors (Lipinski definition) is 5. The van der Waals surface area contributed by atoms with Crippen molar-refractivity contribution in [1.29, 1.82) is 0 Å². The van der Waals surface area contributed by atoms with Gasteiger partial charge in [-0.05, 0) is 49.6 Å². The topological polar surface area (TPSA) is 77.1 Å². The quantitative estimate of drug-likeness (QED) is 0.538. The molecule has 1 N–H and O–H groups in total. The molecule has 0 aliphatic heterocycles. The third-order valence-electron chi connectivity index (χ3n) is 5.04. The van der Waals surface area contributed by atoms with E-state index in [0.29, 0.717) is 16.0 Å². The van der Waals surface area contributed by atoms with Gasteiger partial charge in [0.2, 0.25) is 5.91 Å². The van der Waals surface area contributed by atoms with Crippen molar-refractivity contribution < 1.29 is 9.21 Å². The van der Waals surface area contributed by atoms with E-state index in [1.54, 1.807) is 18.4 Å². The zero-order chi connectivity index (χ0) is 20.5. The van der Waals surface area contributed by atoms with E-state index in [4.69, 9.17) is 4.42 Å². The zero-order valence-corrected chi connectivity index (χ0v) is 17.2. The number of amides is 1. The predicted octanol–water partition coefficient (Wildman–Crippen LogP) is 4.21. The van der Waals surface area contributed by atoms with E-state index in [9.17, 15) is 9.59 Å². The lowest BCUT2D eigenvalue weighted by Gasteiger charge is -2.12. The summed E-state index contributed by atoms with van der Waals surface area (Å²) in [4.78, 5) is 30.6. The van der Waals surface area contributed by atoms with Gasteiger partial charge in [0, 0.05) is 10.9 Å². The summed E-state index contributed by atoms with van der Waals surface area (Å²) < 4.78 is 6.66. The summed E-state index contributed by atoms with van der Waals surface area (Å²) in [5.41, 5.74) is 3.98. The maximum atomic E-state index is 13.1. The number of rotatable bonds is 5. The van der Waals surface area contributed by atoms with Crippen LogP contribution in [0.3, 0.4) is 0 Å². The number of fused-ring (bicyclic) bond motifs is 1. The van der Waals surface area contributed by atoms with Crippen LogP contribution in [0.5, 0.6) is 0 Å². The van der Waals surface area contributed by atoms with E-state index in [-0.39, 0.29) is 24.1 Å². The Morgan fingerprint density at radius 1 is 1.28 bits per heavy atom. The van der Waals surface area contributed by atoms with E-state index in [1.165, 1.54) is 27.8 Å². The van der Waals surface area contributed by atoms with Crippen molar-refractivity contribution in [3.8, 4) is 11.1 Å². The van der Waals surface area contributed by atoms with Crippen molar-refractivity contribution in [2.24, 2.45) is 0 Å². The van der Waals surface area contributed by atoms with Crippen LogP contribution in [0.2, 0.25) is 0 Å². The third-order valence-corrected chi connectivity index (χ3v) is 5.93. The van der Waals surface area contributed by atoms with E-state index in [2.05, 4.69) is 30.2 Å². The van der Waals surface area contributed by atoms with Crippen LogP contribution in [0.25, 0.3) is 21.3 Å². The van der Waals surface area contributed by atoms with Gasteiger partial charge in [-0.3, -0.25) is 14.2 Å².